The Morgan fingerprint density at radius 2 is 1.24 bits per heavy atom. The van der Waals surface area contributed by atoms with Crippen molar-refractivity contribution < 1.29 is 0 Å². The largest absolute Gasteiger partial charge is 0.0649 e. The Balaban J connectivity index is 1.44. The third-order valence-corrected chi connectivity index (χ3v) is 13.2. The second-order valence-electron chi connectivity index (χ2n) is 13.2. The zero-order chi connectivity index (χ0) is 18.6. The van der Waals surface area contributed by atoms with Crippen LogP contribution in [0.4, 0.5) is 0 Å². The minimum atomic E-state index is 0.352. The Morgan fingerprint density at radius 3 is 1.64 bits per heavy atom. The van der Waals surface area contributed by atoms with Crippen LogP contribution in [-0.4, -0.2) is 0 Å². The molecule has 0 aromatic rings. The third-order valence-electron chi connectivity index (χ3n) is 13.2. The average molecular weight is 343 g/mol. The van der Waals surface area contributed by atoms with Crippen LogP contribution < -0.4 is 0 Å². The zero-order valence-electron chi connectivity index (χ0n) is 18.6. The van der Waals surface area contributed by atoms with Crippen LogP contribution in [0.15, 0.2) is 0 Å². The molecule has 6 fully saturated rings. The van der Waals surface area contributed by atoms with Crippen LogP contribution >= 0.6 is 0 Å². The molecule has 0 heteroatoms. The van der Waals surface area contributed by atoms with Gasteiger partial charge in [-0.15, -0.1) is 0 Å². The van der Waals surface area contributed by atoms with Crippen molar-refractivity contribution in [3.63, 3.8) is 0 Å². The summed E-state index contributed by atoms with van der Waals surface area (Å²) in [6, 6.07) is 0. The van der Waals surface area contributed by atoms with Gasteiger partial charge in [-0.1, -0.05) is 75.7 Å². The Kier molecular flexibility index (Phi) is 2.68. The lowest BCUT2D eigenvalue weighted by Gasteiger charge is -3.12. The van der Waals surface area contributed by atoms with Gasteiger partial charge in [0, 0.05) is 0 Å². The molecular weight excluding hydrogens is 300 g/mol. The molecule has 0 saturated heterocycles. The van der Waals surface area contributed by atoms with Gasteiger partial charge in [0.15, 0.2) is 0 Å². The fourth-order valence-electron chi connectivity index (χ4n) is 10.8. The highest BCUT2D eigenvalue weighted by atomic mass is 15.1. The standard InChI is InChI=1S/C25H42/c1-11-20(3,4)23(9,12-2)22(7,8)21(5,6)13-25-17-14-16-15(17)19(25)24(16,10)18(14)25/h14-19H,11-13H2,1-10H3. The van der Waals surface area contributed by atoms with E-state index >= 15 is 0 Å². The third kappa shape index (κ3) is 1.19. The summed E-state index contributed by atoms with van der Waals surface area (Å²) in [5, 5.41) is 0. The van der Waals surface area contributed by atoms with Gasteiger partial charge in [-0.25, -0.2) is 0 Å². The fourth-order valence-corrected chi connectivity index (χ4v) is 10.8. The Bertz CT molecular complexity index is 629. The molecule has 0 bridgehead atoms. The van der Waals surface area contributed by atoms with Gasteiger partial charge in [-0.3, -0.25) is 0 Å². The number of hydrogen-bond donors (Lipinski definition) is 0. The van der Waals surface area contributed by atoms with Crippen LogP contribution in [-0.2, 0) is 0 Å². The molecule has 25 heavy (non-hydrogen) atoms. The van der Waals surface area contributed by atoms with Crippen LogP contribution in [0.3, 0.4) is 0 Å². The highest BCUT2D eigenvalue weighted by Gasteiger charge is 3.08. The van der Waals surface area contributed by atoms with Crippen LogP contribution in [0, 0.1) is 68.0 Å². The van der Waals surface area contributed by atoms with Crippen LogP contribution in [0.5, 0.6) is 0 Å². The van der Waals surface area contributed by atoms with E-state index in [-0.39, 0.29) is 0 Å². The molecule has 142 valence electrons. The maximum absolute atomic E-state index is 2.65. The molecule has 6 aliphatic carbocycles. The monoisotopic (exact) mass is 342 g/mol. The van der Waals surface area contributed by atoms with E-state index in [2.05, 4.69) is 69.2 Å². The lowest BCUT2D eigenvalue weighted by Crippen LogP contribution is -3.09. The molecule has 0 aromatic heterocycles. The van der Waals surface area contributed by atoms with E-state index in [0.29, 0.717) is 21.7 Å². The molecule has 6 saturated carbocycles. The van der Waals surface area contributed by atoms with Crippen LogP contribution in [0.2, 0.25) is 0 Å². The van der Waals surface area contributed by atoms with Crippen LogP contribution in [0.25, 0.3) is 0 Å². The quantitative estimate of drug-likeness (QED) is 0.465. The molecule has 6 aliphatic rings. The summed E-state index contributed by atoms with van der Waals surface area (Å²) in [5.41, 5.74) is 3.18. The molecule has 5 unspecified atom stereocenters. The molecule has 0 aliphatic heterocycles. The lowest BCUT2D eigenvalue weighted by molar-refractivity contribution is -0.659. The van der Waals surface area contributed by atoms with Gasteiger partial charge in [0.25, 0.3) is 0 Å². The molecule has 0 amide bonds. The van der Waals surface area contributed by atoms with E-state index in [1.165, 1.54) is 42.9 Å². The van der Waals surface area contributed by atoms with Gasteiger partial charge in [-0.2, -0.15) is 0 Å². The summed E-state index contributed by atoms with van der Waals surface area (Å²) >= 11 is 0. The Hall–Kier alpha value is 0. The minimum Gasteiger partial charge on any atom is -0.0649 e. The van der Waals surface area contributed by atoms with E-state index in [1.54, 1.807) is 0 Å². The summed E-state index contributed by atoms with van der Waals surface area (Å²) in [5.74, 6) is 7.06. The minimum absolute atomic E-state index is 0.352. The molecular formula is C25H42. The van der Waals surface area contributed by atoms with Crippen molar-refractivity contribution in [1.29, 1.82) is 0 Å². The summed E-state index contributed by atoms with van der Waals surface area (Å²) in [6.07, 6.45) is 4.08. The normalized spacial score (nSPS) is 53.5. The van der Waals surface area contributed by atoms with Gasteiger partial charge < -0.3 is 0 Å². The summed E-state index contributed by atoms with van der Waals surface area (Å²) in [7, 11) is 0. The average Bonchev–Trinajstić information content (AvgIpc) is 2.52. The Morgan fingerprint density at radius 1 is 0.720 bits per heavy atom. The molecule has 0 spiro atoms. The van der Waals surface area contributed by atoms with E-state index in [9.17, 15) is 0 Å². The predicted octanol–water partition coefficient (Wildman–Crippen LogP) is 7.04. The predicted molar refractivity (Wildman–Crippen MR) is 106 cm³/mol. The molecule has 5 atom stereocenters. The van der Waals surface area contributed by atoms with E-state index in [1.807, 2.05) is 0 Å². The zero-order valence-corrected chi connectivity index (χ0v) is 18.6. The first-order valence-electron chi connectivity index (χ1n) is 11.3. The van der Waals surface area contributed by atoms with Crippen molar-refractivity contribution in [3.05, 3.63) is 0 Å². The number of hydrogen-bond acceptors (Lipinski definition) is 0. The number of rotatable bonds is 7. The maximum Gasteiger partial charge on any atom is -0.0185 e. The maximum atomic E-state index is 2.65. The second-order valence-corrected chi connectivity index (χ2v) is 13.2. The van der Waals surface area contributed by atoms with Gasteiger partial charge >= 0.3 is 0 Å². The SMILES string of the molecule is CCC(C)(C)C(C)(CC)C(C)(C)C(C)(C)CC12C3C4C5C3C1C5(C)C42. The highest BCUT2D eigenvalue weighted by molar-refractivity contribution is 5.54. The van der Waals surface area contributed by atoms with Gasteiger partial charge in [-0.05, 0) is 80.8 Å². The first-order chi connectivity index (χ1) is 11.3. The topological polar surface area (TPSA) is 0 Å². The van der Waals surface area contributed by atoms with E-state index < -0.39 is 0 Å². The highest BCUT2D eigenvalue weighted by Crippen LogP contribution is 3.11. The smallest absolute Gasteiger partial charge is 0.0185 e. The van der Waals surface area contributed by atoms with Crippen molar-refractivity contribution >= 4 is 0 Å². The van der Waals surface area contributed by atoms with Crippen molar-refractivity contribution in [2.75, 3.05) is 0 Å². The second kappa shape index (κ2) is 3.91. The van der Waals surface area contributed by atoms with Crippen molar-refractivity contribution in [1.82, 2.24) is 0 Å². The lowest BCUT2D eigenvalue weighted by atomic mass is 8.92. The first-order valence-corrected chi connectivity index (χ1v) is 11.3. The van der Waals surface area contributed by atoms with E-state index in [0.717, 1.165) is 22.7 Å². The van der Waals surface area contributed by atoms with Crippen LogP contribution in [0.1, 0.15) is 88.5 Å². The fraction of sp³-hybridized carbons (Fsp3) is 1.00. The van der Waals surface area contributed by atoms with Gasteiger partial charge in [0.05, 0.1) is 0 Å². The van der Waals surface area contributed by atoms with Crippen molar-refractivity contribution in [2.45, 2.75) is 88.5 Å². The molecule has 0 nitrogen and oxygen atoms in total. The summed E-state index contributed by atoms with van der Waals surface area (Å²) in [4.78, 5) is 0. The van der Waals surface area contributed by atoms with Crippen molar-refractivity contribution in [2.24, 2.45) is 68.0 Å². The van der Waals surface area contributed by atoms with E-state index in [4.69, 9.17) is 0 Å². The molecule has 0 heterocycles. The van der Waals surface area contributed by atoms with Gasteiger partial charge in [0.1, 0.15) is 0 Å². The summed E-state index contributed by atoms with van der Waals surface area (Å²) in [6.45, 7) is 25.7. The molecule has 0 N–H and O–H groups in total. The Labute approximate surface area is 156 Å². The van der Waals surface area contributed by atoms with Gasteiger partial charge in [0.2, 0.25) is 0 Å². The molecule has 0 radical (unpaired) electrons. The molecule has 0 aromatic carbocycles. The van der Waals surface area contributed by atoms with Crippen molar-refractivity contribution in [3.8, 4) is 0 Å². The molecule has 6 rings (SSSR count). The summed E-state index contributed by atoms with van der Waals surface area (Å²) < 4.78 is 0. The first kappa shape index (κ1) is 17.1.